The van der Waals surface area contributed by atoms with E-state index in [1.807, 2.05) is 0 Å². The first-order valence-electron chi connectivity index (χ1n) is 4.49. The Morgan fingerprint density at radius 2 is 1.92 bits per heavy atom. The maximum absolute atomic E-state index is 11.2. The molecule has 0 aliphatic carbocycles. The van der Waals surface area contributed by atoms with Crippen LogP contribution in [0.25, 0.3) is 0 Å². The van der Waals surface area contributed by atoms with Gasteiger partial charge in [-0.15, -0.1) is 0 Å². The molecule has 2 N–H and O–H groups in total. The van der Waals surface area contributed by atoms with Crippen LogP contribution in [-0.2, 0) is 9.84 Å². The van der Waals surface area contributed by atoms with Crippen LogP contribution in [0.1, 0.15) is 20.8 Å². The van der Waals surface area contributed by atoms with Gasteiger partial charge in [0, 0.05) is 18.3 Å². The highest BCUT2D eigenvalue weighted by Crippen LogP contribution is 1.94. The van der Waals surface area contributed by atoms with Gasteiger partial charge in [0.15, 0.2) is 9.84 Å². The molecule has 80 valence electrons. The van der Waals surface area contributed by atoms with Crippen LogP contribution in [0.3, 0.4) is 0 Å². The average molecular weight is 209 g/mol. The van der Waals surface area contributed by atoms with E-state index in [9.17, 15) is 8.42 Å². The van der Waals surface area contributed by atoms with Crippen LogP contribution in [-0.4, -0.2) is 43.7 Å². The van der Waals surface area contributed by atoms with Gasteiger partial charge >= 0.3 is 0 Å². The molecule has 0 amide bonds. The second-order valence-corrected chi connectivity index (χ2v) is 5.76. The molecule has 0 aliphatic rings. The monoisotopic (exact) mass is 209 g/mol. The molecule has 0 aromatic rings. The Bertz CT molecular complexity index is 224. The van der Waals surface area contributed by atoms with Crippen molar-refractivity contribution in [3.8, 4) is 0 Å². The molecule has 0 saturated carbocycles. The summed E-state index contributed by atoms with van der Waals surface area (Å²) in [5, 5.41) is 11.9. The van der Waals surface area contributed by atoms with Crippen molar-refractivity contribution in [2.45, 2.75) is 32.9 Å². The summed E-state index contributed by atoms with van der Waals surface area (Å²) in [7, 11) is -2.91. The second-order valence-electron chi connectivity index (χ2n) is 3.36. The van der Waals surface area contributed by atoms with E-state index < -0.39 is 15.9 Å². The first-order chi connectivity index (χ1) is 5.87. The number of aliphatic hydroxyl groups excluding tert-OH is 1. The quantitative estimate of drug-likeness (QED) is 0.635. The number of nitrogens with one attached hydrogen (secondary N) is 1. The van der Waals surface area contributed by atoms with Gasteiger partial charge in [-0.05, 0) is 13.8 Å². The van der Waals surface area contributed by atoms with Crippen LogP contribution >= 0.6 is 0 Å². The zero-order chi connectivity index (χ0) is 10.5. The summed E-state index contributed by atoms with van der Waals surface area (Å²) >= 11 is 0. The van der Waals surface area contributed by atoms with E-state index in [2.05, 4.69) is 5.32 Å². The van der Waals surface area contributed by atoms with Crippen molar-refractivity contribution in [1.82, 2.24) is 5.32 Å². The number of aliphatic hydroxyl groups is 1. The third-order valence-electron chi connectivity index (χ3n) is 1.71. The van der Waals surface area contributed by atoms with E-state index in [0.29, 0.717) is 6.54 Å². The smallest absolute Gasteiger partial charge is 0.151 e. The SMILES string of the molecule is CCS(=O)(=O)CC(C)NCC(C)O. The van der Waals surface area contributed by atoms with Crippen LogP contribution in [0.15, 0.2) is 0 Å². The fourth-order valence-electron chi connectivity index (χ4n) is 0.929. The molecule has 0 bridgehead atoms. The summed E-state index contributed by atoms with van der Waals surface area (Å²) < 4.78 is 22.3. The van der Waals surface area contributed by atoms with E-state index >= 15 is 0 Å². The summed E-state index contributed by atoms with van der Waals surface area (Å²) in [5.74, 6) is 0.309. The van der Waals surface area contributed by atoms with Crippen molar-refractivity contribution < 1.29 is 13.5 Å². The van der Waals surface area contributed by atoms with Crippen molar-refractivity contribution in [2.75, 3.05) is 18.1 Å². The van der Waals surface area contributed by atoms with Gasteiger partial charge in [-0.1, -0.05) is 6.92 Å². The van der Waals surface area contributed by atoms with Crippen molar-refractivity contribution >= 4 is 9.84 Å². The van der Waals surface area contributed by atoms with E-state index in [0.717, 1.165) is 0 Å². The van der Waals surface area contributed by atoms with Gasteiger partial charge in [0.05, 0.1) is 11.9 Å². The van der Waals surface area contributed by atoms with E-state index in [-0.39, 0.29) is 17.5 Å². The lowest BCUT2D eigenvalue weighted by Gasteiger charge is -2.14. The Kier molecular flexibility index (Phi) is 5.51. The van der Waals surface area contributed by atoms with Crippen LogP contribution < -0.4 is 5.32 Å². The van der Waals surface area contributed by atoms with Gasteiger partial charge in [-0.2, -0.15) is 0 Å². The predicted octanol–water partition coefficient (Wildman–Crippen LogP) is -0.220. The van der Waals surface area contributed by atoms with Crippen LogP contribution in [0.4, 0.5) is 0 Å². The maximum atomic E-state index is 11.2. The van der Waals surface area contributed by atoms with Crippen molar-refractivity contribution in [2.24, 2.45) is 0 Å². The van der Waals surface area contributed by atoms with Gasteiger partial charge in [0.1, 0.15) is 0 Å². The summed E-state index contributed by atoms with van der Waals surface area (Å²) in [4.78, 5) is 0. The largest absolute Gasteiger partial charge is 0.392 e. The Balaban J connectivity index is 3.81. The lowest BCUT2D eigenvalue weighted by molar-refractivity contribution is 0.188. The minimum Gasteiger partial charge on any atom is -0.392 e. The number of rotatable bonds is 6. The van der Waals surface area contributed by atoms with Crippen molar-refractivity contribution in [3.63, 3.8) is 0 Å². The lowest BCUT2D eigenvalue weighted by Crippen LogP contribution is -2.37. The molecule has 4 nitrogen and oxygen atoms in total. The number of sulfone groups is 1. The molecule has 0 aliphatic heterocycles. The third kappa shape index (κ3) is 6.98. The van der Waals surface area contributed by atoms with Crippen LogP contribution in [0, 0.1) is 0 Å². The highest BCUT2D eigenvalue weighted by molar-refractivity contribution is 7.91. The standard InChI is InChI=1S/C8H19NO3S/c1-4-13(11,12)6-7(2)9-5-8(3)10/h7-10H,4-6H2,1-3H3. The summed E-state index contributed by atoms with van der Waals surface area (Å²) in [6.07, 6.45) is -0.438. The minimum atomic E-state index is -2.91. The highest BCUT2D eigenvalue weighted by Gasteiger charge is 2.13. The molecule has 5 heteroatoms. The fraction of sp³-hybridized carbons (Fsp3) is 1.00. The minimum absolute atomic E-state index is 0.0976. The van der Waals surface area contributed by atoms with E-state index in [1.165, 1.54) is 0 Å². The normalized spacial score (nSPS) is 16.9. The Morgan fingerprint density at radius 1 is 1.38 bits per heavy atom. The summed E-state index contributed by atoms with van der Waals surface area (Å²) in [6, 6.07) is -0.0976. The molecule has 0 radical (unpaired) electrons. The average Bonchev–Trinajstić information content (AvgIpc) is 2.00. The molecule has 0 heterocycles. The lowest BCUT2D eigenvalue weighted by atomic mass is 10.3. The second kappa shape index (κ2) is 5.57. The number of hydrogen-bond acceptors (Lipinski definition) is 4. The van der Waals surface area contributed by atoms with Crippen LogP contribution in [0.5, 0.6) is 0 Å². The molecule has 2 unspecified atom stereocenters. The van der Waals surface area contributed by atoms with Gasteiger partial charge in [0.2, 0.25) is 0 Å². The van der Waals surface area contributed by atoms with Gasteiger partial charge in [-0.3, -0.25) is 0 Å². The third-order valence-corrected chi connectivity index (χ3v) is 3.59. The first-order valence-corrected chi connectivity index (χ1v) is 6.31. The maximum Gasteiger partial charge on any atom is 0.151 e. The topological polar surface area (TPSA) is 66.4 Å². The van der Waals surface area contributed by atoms with E-state index in [1.54, 1.807) is 20.8 Å². The molecule has 0 saturated heterocycles. The van der Waals surface area contributed by atoms with Crippen molar-refractivity contribution in [1.29, 1.82) is 0 Å². The van der Waals surface area contributed by atoms with Crippen LogP contribution in [0.2, 0.25) is 0 Å². The van der Waals surface area contributed by atoms with Gasteiger partial charge in [-0.25, -0.2) is 8.42 Å². The molecule has 0 aromatic heterocycles. The Hall–Kier alpha value is -0.130. The van der Waals surface area contributed by atoms with Gasteiger partial charge in [0.25, 0.3) is 0 Å². The molecular formula is C8H19NO3S. The Labute approximate surface area is 80.3 Å². The molecule has 0 aromatic carbocycles. The van der Waals surface area contributed by atoms with Gasteiger partial charge < -0.3 is 10.4 Å². The predicted molar refractivity (Wildman–Crippen MR) is 53.5 cm³/mol. The molecule has 2 atom stereocenters. The molecule has 13 heavy (non-hydrogen) atoms. The number of hydrogen-bond donors (Lipinski definition) is 2. The molecule has 0 spiro atoms. The highest BCUT2D eigenvalue weighted by atomic mass is 32.2. The zero-order valence-corrected chi connectivity index (χ0v) is 9.26. The first kappa shape index (κ1) is 12.9. The summed E-state index contributed by atoms with van der Waals surface area (Å²) in [5.41, 5.74) is 0. The molecule has 0 rings (SSSR count). The fourth-order valence-corrected chi connectivity index (χ4v) is 2.04. The molecular weight excluding hydrogens is 190 g/mol. The van der Waals surface area contributed by atoms with E-state index in [4.69, 9.17) is 5.11 Å². The Morgan fingerprint density at radius 3 is 2.31 bits per heavy atom. The van der Waals surface area contributed by atoms with Crippen molar-refractivity contribution in [3.05, 3.63) is 0 Å². The zero-order valence-electron chi connectivity index (χ0n) is 8.45. The molecule has 0 fully saturated rings. The summed E-state index contributed by atoms with van der Waals surface area (Å²) in [6.45, 7) is 5.53.